The summed E-state index contributed by atoms with van der Waals surface area (Å²) in [6.07, 6.45) is 0. The number of halogens is 1. The van der Waals surface area contributed by atoms with Gasteiger partial charge in [-0.15, -0.1) is 0 Å². The Morgan fingerprint density at radius 1 is 0.533 bits per heavy atom. The van der Waals surface area contributed by atoms with Crippen LogP contribution in [0, 0.1) is 0 Å². The Morgan fingerprint density at radius 3 is 2.00 bits per heavy atom. The maximum atomic E-state index is 3.83. The minimum absolute atomic E-state index is 1.10. The maximum absolute atomic E-state index is 3.83. The van der Waals surface area contributed by atoms with Gasteiger partial charge in [0.2, 0.25) is 0 Å². The average molecular weight is 448 g/mol. The number of rotatable bonds is 2. The van der Waals surface area contributed by atoms with Crippen molar-refractivity contribution in [2.45, 2.75) is 0 Å². The predicted molar refractivity (Wildman–Crippen MR) is 131 cm³/mol. The second kappa shape index (κ2) is 6.86. The van der Waals surface area contributed by atoms with Crippen LogP contribution in [-0.2, 0) is 0 Å². The van der Waals surface area contributed by atoms with Crippen LogP contribution in [-0.4, -0.2) is 0 Å². The van der Waals surface area contributed by atoms with Crippen molar-refractivity contribution in [2.75, 3.05) is 4.90 Å². The van der Waals surface area contributed by atoms with E-state index in [9.17, 15) is 0 Å². The predicted octanol–water partition coefficient (Wildman–Crippen LogP) is 8.72. The van der Waals surface area contributed by atoms with Crippen LogP contribution in [0.4, 0.5) is 17.1 Å². The first-order valence-electron chi connectivity index (χ1n) is 10.1. The molecule has 0 spiro atoms. The zero-order valence-corrected chi connectivity index (χ0v) is 17.8. The summed E-state index contributed by atoms with van der Waals surface area (Å²) in [6.45, 7) is 0. The molecule has 1 nitrogen and oxygen atoms in total. The molecule has 1 aliphatic heterocycles. The lowest BCUT2D eigenvalue weighted by atomic mass is 9.91. The third kappa shape index (κ3) is 2.61. The van der Waals surface area contributed by atoms with E-state index in [1.807, 2.05) is 0 Å². The SMILES string of the molecule is Brc1cccc2c1N(c1ccc(-c3ccccc3)cc1)c1cccc3cccc-2c13. The molecule has 0 aromatic heterocycles. The Bertz CT molecular complexity index is 1380. The standard InChI is InChI=1S/C28H18BrN/c29-25-13-6-12-24-23-11-4-9-21-10-5-14-26(27(21)23)30(28(24)25)22-17-15-20(16-18-22)19-7-2-1-3-8-19/h1-18H. The van der Waals surface area contributed by atoms with Gasteiger partial charge in [0.1, 0.15) is 0 Å². The number of para-hydroxylation sites is 1. The fraction of sp³-hybridized carbons (Fsp3) is 0. The van der Waals surface area contributed by atoms with Gasteiger partial charge < -0.3 is 4.90 Å². The highest BCUT2D eigenvalue weighted by molar-refractivity contribution is 9.10. The molecule has 5 aromatic carbocycles. The zero-order chi connectivity index (χ0) is 20.1. The molecule has 0 saturated heterocycles. The molecule has 0 radical (unpaired) electrons. The topological polar surface area (TPSA) is 3.24 Å². The highest BCUT2D eigenvalue weighted by Gasteiger charge is 2.27. The van der Waals surface area contributed by atoms with E-state index in [-0.39, 0.29) is 0 Å². The molecule has 1 aliphatic rings. The first kappa shape index (κ1) is 17.5. The van der Waals surface area contributed by atoms with Gasteiger partial charge >= 0.3 is 0 Å². The highest BCUT2D eigenvalue weighted by atomic mass is 79.9. The van der Waals surface area contributed by atoms with E-state index in [1.165, 1.54) is 44.4 Å². The number of nitrogens with zero attached hydrogens (tertiary/aromatic N) is 1. The van der Waals surface area contributed by atoms with Crippen LogP contribution in [0.25, 0.3) is 33.0 Å². The van der Waals surface area contributed by atoms with E-state index in [4.69, 9.17) is 0 Å². The fourth-order valence-corrected chi connectivity index (χ4v) is 5.06. The molecule has 30 heavy (non-hydrogen) atoms. The lowest BCUT2D eigenvalue weighted by molar-refractivity contribution is 1.27. The van der Waals surface area contributed by atoms with Gasteiger partial charge in [0.25, 0.3) is 0 Å². The fourth-order valence-electron chi connectivity index (χ4n) is 4.51. The number of benzene rings is 5. The monoisotopic (exact) mass is 447 g/mol. The zero-order valence-electron chi connectivity index (χ0n) is 16.2. The van der Waals surface area contributed by atoms with Gasteiger partial charge in [-0.05, 0) is 62.3 Å². The molecule has 6 rings (SSSR count). The largest absolute Gasteiger partial charge is 0.308 e. The number of fused-ring (bicyclic) bond motifs is 2. The molecule has 0 amide bonds. The molecular formula is C28H18BrN. The first-order chi connectivity index (χ1) is 14.8. The van der Waals surface area contributed by atoms with Crippen molar-refractivity contribution in [3.05, 3.63) is 114 Å². The van der Waals surface area contributed by atoms with Crippen molar-refractivity contribution in [2.24, 2.45) is 0 Å². The first-order valence-corrected chi connectivity index (χ1v) is 10.9. The van der Waals surface area contributed by atoms with Crippen LogP contribution >= 0.6 is 15.9 Å². The van der Waals surface area contributed by atoms with E-state index < -0.39 is 0 Å². The minimum Gasteiger partial charge on any atom is -0.308 e. The quantitative estimate of drug-likeness (QED) is 0.256. The molecule has 2 heteroatoms. The summed E-state index contributed by atoms with van der Waals surface area (Å²) in [4.78, 5) is 2.38. The summed E-state index contributed by atoms with van der Waals surface area (Å²) in [5.74, 6) is 0. The summed E-state index contributed by atoms with van der Waals surface area (Å²) >= 11 is 3.83. The summed E-state index contributed by atoms with van der Waals surface area (Å²) in [7, 11) is 0. The second-order valence-corrected chi connectivity index (χ2v) is 8.42. The van der Waals surface area contributed by atoms with Crippen LogP contribution in [0.2, 0.25) is 0 Å². The van der Waals surface area contributed by atoms with E-state index in [2.05, 4.69) is 130 Å². The molecule has 0 bridgehead atoms. The normalized spacial score (nSPS) is 12.1. The van der Waals surface area contributed by atoms with Crippen molar-refractivity contribution >= 4 is 43.8 Å². The van der Waals surface area contributed by atoms with Gasteiger partial charge in [0.05, 0.1) is 11.4 Å². The van der Waals surface area contributed by atoms with Crippen molar-refractivity contribution < 1.29 is 0 Å². The van der Waals surface area contributed by atoms with E-state index in [0.29, 0.717) is 0 Å². The van der Waals surface area contributed by atoms with Gasteiger partial charge in [0, 0.05) is 21.1 Å². The minimum atomic E-state index is 1.10. The Hall–Kier alpha value is -3.36. The van der Waals surface area contributed by atoms with Crippen LogP contribution in [0.15, 0.2) is 114 Å². The Labute approximate surface area is 184 Å². The van der Waals surface area contributed by atoms with E-state index >= 15 is 0 Å². The summed E-state index contributed by atoms with van der Waals surface area (Å²) < 4.78 is 1.10. The molecule has 0 N–H and O–H groups in total. The third-order valence-corrected chi connectivity index (χ3v) is 6.50. The van der Waals surface area contributed by atoms with Gasteiger partial charge in [-0.25, -0.2) is 0 Å². The molecule has 1 heterocycles. The smallest absolute Gasteiger partial charge is 0.0682 e. The highest BCUT2D eigenvalue weighted by Crippen LogP contribution is 2.53. The maximum Gasteiger partial charge on any atom is 0.0682 e. The average Bonchev–Trinajstić information content (AvgIpc) is 2.81. The number of hydrogen-bond donors (Lipinski definition) is 0. The molecule has 0 unspecified atom stereocenters. The van der Waals surface area contributed by atoms with E-state index in [0.717, 1.165) is 10.2 Å². The molecule has 0 saturated carbocycles. The second-order valence-electron chi connectivity index (χ2n) is 7.57. The van der Waals surface area contributed by atoms with Crippen molar-refractivity contribution in [3.63, 3.8) is 0 Å². The number of anilines is 3. The Balaban J connectivity index is 1.60. The van der Waals surface area contributed by atoms with Gasteiger partial charge in [-0.2, -0.15) is 0 Å². The van der Waals surface area contributed by atoms with Crippen LogP contribution < -0.4 is 4.90 Å². The molecular weight excluding hydrogens is 430 g/mol. The van der Waals surface area contributed by atoms with E-state index in [1.54, 1.807) is 0 Å². The lowest BCUT2D eigenvalue weighted by Crippen LogP contribution is -2.15. The molecule has 5 aromatic rings. The van der Waals surface area contributed by atoms with Gasteiger partial charge in [-0.1, -0.05) is 84.9 Å². The summed E-state index contributed by atoms with van der Waals surface area (Å²) in [6, 6.07) is 39.0. The van der Waals surface area contributed by atoms with Crippen LogP contribution in [0.3, 0.4) is 0 Å². The lowest BCUT2D eigenvalue weighted by Gasteiger charge is -2.34. The summed E-state index contributed by atoms with van der Waals surface area (Å²) in [5, 5.41) is 2.57. The molecule has 0 aliphatic carbocycles. The molecule has 0 atom stereocenters. The van der Waals surface area contributed by atoms with Crippen molar-refractivity contribution in [1.29, 1.82) is 0 Å². The van der Waals surface area contributed by atoms with Crippen molar-refractivity contribution in [1.82, 2.24) is 0 Å². The van der Waals surface area contributed by atoms with Gasteiger partial charge in [0.15, 0.2) is 0 Å². The van der Waals surface area contributed by atoms with Crippen molar-refractivity contribution in [3.8, 4) is 22.3 Å². The Kier molecular flexibility index (Phi) is 4.00. The third-order valence-electron chi connectivity index (χ3n) is 5.86. The Morgan fingerprint density at radius 2 is 1.20 bits per heavy atom. The van der Waals surface area contributed by atoms with Crippen LogP contribution in [0.5, 0.6) is 0 Å². The number of hydrogen-bond acceptors (Lipinski definition) is 1. The summed E-state index contributed by atoms with van der Waals surface area (Å²) in [5.41, 5.74) is 8.56. The molecule has 142 valence electrons. The van der Waals surface area contributed by atoms with Gasteiger partial charge in [-0.3, -0.25) is 0 Å². The van der Waals surface area contributed by atoms with Crippen LogP contribution in [0.1, 0.15) is 0 Å². The molecule has 0 fully saturated rings.